The van der Waals surface area contributed by atoms with Gasteiger partial charge in [-0.25, -0.2) is 0 Å². The molecule has 3 aromatic rings. The molecule has 0 bridgehead atoms. The van der Waals surface area contributed by atoms with E-state index in [1.807, 2.05) is 54.6 Å². The van der Waals surface area contributed by atoms with Gasteiger partial charge in [-0.05, 0) is 48.5 Å². The molecule has 3 rings (SSSR count). The molecule has 0 saturated heterocycles. The number of para-hydroxylation sites is 1. The van der Waals surface area contributed by atoms with Crippen LogP contribution in [0.25, 0.3) is 0 Å². The van der Waals surface area contributed by atoms with Crippen molar-refractivity contribution in [1.82, 2.24) is 10.2 Å². The third-order valence-electron chi connectivity index (χ3n) is 3.45. The minimum Gasteiger partial charge on any atom is -0.339 e. The number of carbonyl (C=O) groups excluding carboxylic acids is 1. The second-order valence-electron chi connectivity index (χ2n) is 5.14. The van der Waals surface area contributed by atoms with Gasteiger partial charge in [0.1, 0.15) is 0 Å². The van der Waals surface area contributed by atoms with Crippen LogP contribution < -0.4 is 10.2 Å². The zero-order chi connectivity index (χ0) is 16.9. The largest absolute Gasteiger partial charge is 0.339 e. The van der Waals surface area contributed by atoms with Crippen molar-refractivity contribution in [3.05, 3.63) is 76.9 Å². The fraction of sp³-hybridized carbons (Fsp3) is 0.0556. The number of rotatable bonds is 4. The van der Waals surface area contributed by atoms with Gasteiger partial charge >= 0.3 is 0 Å². The minimum atomic E-state index is -0.205. The van der Waals surface area contributed by atoms with Crippen molar-refractivity contribution in [1.29, 1.82) is 0 Å². The Morgan fingerprint density at radius 1 is 0.958 bits per heavy atom. The summed E-state index contributed by atoms with van der Waals surface area (Å²) in [5.74, 6) is 0.375. The number of hydrogen-bond acceptors (Lipinski definition) is 4. The van der Waals surface area contributed by atoms with Gasteiger partial charge in [-0.15, -0.1) is 10.2 Å². The Hall–Kier alpha value is -2.73. The molecule has 0 radical (unpaired) electrons. The standard InChI is InChI=1S/C18H15BrN4O/c1-23(15-5-3-2-4-6-15)18(24)16-11-12-17(22-21-16)20-14-9-7-13(19)8-10-14/h2-12H,1H3,(H,20,22). The molecule has 1 heterocycles. The van der Waals surface area contributed by atoms with Gasteiger partial charge < -0.3 is 10.2 Å². The Bertz CT molecular complexity index is 820. The van der Waals surface area contributed by atoms with Crippen molar-refractivity contribution in [3.63, 3.8) is 0 Å². The van der Waals surface area contributed by atoms with E-state index in [9.17, 15) is 4.79 Å². The van der Waals surface area contributed by atoms with E-state index < -0.39 is 0 Å². The van der Waals surface area contributed by atoms with Crippen LogP contribution in [0.1, 0.15) is 10.5 Å². The van der Waals surface area contributed by atoms with Crippen LogP contribution in [-0.4, -0.2) is 23.2 Å². The number of amides is 1. The number of halogens is 1. The summed E-state index contributed by atoms with van der Waals surface area (Å²) in [6, 6.07) is 20.5. The third-order valence-corrected chi connectivity index (χ3v) is 3.98. The number of hydrogen-bond donors (Lipinski definition) is 1. The molecular formula is C18H15BrN4O. The molecule has 0 atom stereocenters. The zero-order valence-electron chi connectivity index (χ0n) is 13.0. The fourth-order valence-corrected chi connectivity index (χ4v) is 2.40. The van der Waals surface area contributed by atoms with E-state index >= 15 is 0 Å². The van der Waals surface area contributed by atoms with Gasteiger partial charge in [-0.3, -0.25) is 4.79 Å². The van der Waals surface area contributed by atoms with Crippen LogP contribution in [0.4, 0.5) is 17.2 Å². The molecule has 0 aliphatic heterocycles. The van der Waals surface area contributed by atoms with Gasteiger partial charge in [0.15, 0.2) is 11.5 Å². The molecule has 1 N–H and O–H groups in total. The first-order valence-corrected chi connectivity index (χ1v) is 8.12. The van der Waals surface area contributed by atoms with Gasteiger partial charge in [0.2, 0.25) is 0 Å². The highest BCUT2D eigenvalue weighted by molar-refractivity contribution is 9.10. The van der Waals surface area contributed by atoms with Crippen molar-refractivity contribution in [3.8, 4) is 0 Å². The Balaban J connectivity index is 1.72. The molecule has 0 spiro atoms. The number of nitrogens with one attached hydrogen (secondary N) is 1. The quantitative estimate of drug-likeness (QED) is 0.732. The van der Waals surface area contributed by atoms with E-state index in [1.54, 1.807) is 24.1 Å². The SMILES string of the molecule is CN(C(=O)c1ccc(Nc2ccc(Br)cc2)nn1)c1ccccc1. The summed E-state index contributed by atoms with van der Waals surface area (Å²) >= 11 is 3.39. The number of nitrogens with zero attached hydrogens (tertiary/aromatic N) is 3. The maximum atomic E-state index is 12.4. The van der Waals surface area contributed by atoms with Gasteiger partial charge in [0.25, 0.3) is 5.91 Å². The molecule has 1 amide bonds. The monoisotopic (exact) mass is 382 g/mol. The summed E-state index contributed by atoms with van der Waals surface area (Å²) in [4.78, 5) is 14.0. The van der Waals surface area contributed by atoms with E-state index in [0.717, 1.165) is 15.8 Å². The van der Waals surface area contributed by atoms with Crippen molar-refractivity contribution in [2.45, 2.75) is 0 Å². The maximum Gasteiger partial charge on any atom is 0.278 e. The number of benzene rings is 2. The number of aromatic nitrogens is 2. The van der Waals surface area contributed by atoms with Crippen LogP contribution >= 0.6 is 15.9 Å². The highest BCUT2D eigenvalue weighted by Crippen LogP contribution is 2.18. The summed E-state index contributed by atoms with van der Waals surface area (Å²) in [5.41, 5.74) is 2.00. The van der Waals surface area contributed by atoms with Crippen molar-refractivity contribution < 1.29 is 4.79 Å². The maximum absolute atomic E-state index is 12.4. The van der Waals surface area contributed by atoms with Crippen LogP contribution in [0.15, 0.2) is 71.2 Å². The van der Waals surface area contributed by atoms with Gasteiger partial charge in [-0.1, -0.05) is 34.1 Å². The lowest BCUT2D eigenvalue weighted by Crippen LogP contribution is -2.27. The van der Waals surface area contributed by atoms with E-state index in [4.69, 9.17) is 0 Å². The first kappa shape index (κ1) is 16.1. The van der Waals surface area contributed by atoms with Crippen molar-refractivity contribution >= 4 is 39.0 Å². The average molecular weight is 383 g/mol. The number of carbonyl (C=O) groups is 1. The van der Waals surface area contributed by atoms with Crippen LogP contribution in [0.5, 0.6) is 0 Å². The predicted molar refractivity (Wildman–Crippen MR) is 98.6 cm³/mol. The molecule has 0 unspecified atom stereocenters. The van der Waals surface area contributed by atoms with Crippen LogP contribution in [0.3, 0.4) is 0 Å². The number of anilines is 3. The Morgan fingerprint density at radius 2 is 1.67 bits per heavy atom. The van der Waals surface area contributed by atoms with Gasteiger partial charge in [0, 0.05) is 22.9 Å². The Labute approximate surface area is 148 Å². The van der Waals surface area contributed by atoms with E-state index in [2.05, 4.69) is 31.4 Å². The predicted octanol–water partition coefficient (Wildman–Crippen LogP) is 4.26. The molecule has 0 saturated carbocycles. The summed E-state index contributed by atoms with van der Waals surface area (Å²) in [6.07, 6.45) is 0. The van der Waals surface area contributed by atoms with Crippen molar-refractivity contribution in [2.24, 2.45) is 0 Å². The van der Waals surface area contributed by atoms with Crippen LogP contribution in [-0.2, 0) is 0 Å². The Morgan fingerprint density at radius 3 is 2.29 bits per heavy atom. The summed E-state index contributed by atoms with van der Waals surface area (Å²) < 4.78 is 1.00. The normalized spacial score (nSPS) is 10.2. The topological polar surface area (TPSA) is 58.1 Å². The minimum absolute atomic E-state index is 0.205. The molecule has 0 aliphatic carbocycles. The van der Waals surface area contributed by atoms with E-state index in [1.165, 1.54) is 0 Å². The molecule has 6 heteroatoms. The fourth-order valence-electron chi connectivity index (χ4n) is 2.13. The molecule has 2 aromatic carbocycles. The van der Waals surface area contributed by atoms with Crippen LogP contribution in [0.2, 0.25) is 0 Å². The molecule has 0 aliphatic rings. The lowest BCUT2D eigenvalue weighted by atomic mass is 10.2. The third kappa shape index (κ3) is 3.78. The van der Waals surface area contributed by atoms with Gasteiger partial charge in [0.05, 0.1) is 0 Å². The lowest BCUT2D eigenvalue weighted by molar-refractivity contribution is 0.0987. The molecule has 120 valence electrons. The second kappa shape index (κ2) is 7.23. The van der Waals surface area contributed by atoms with E-state index in [-0.39, 0.29) is 5.91 Å². The molecule has 5 nitrogen and oxygen atoms in total. The van der Waals surface area contributed by atoms with Crippen molar-refractivity contribution in [2.75, 3.05) is 17.3 Å². The van der Waals surface area contributed by atoms with Crippen LogP contribution in [0, 0.1) is 0 Å². The van der Waals surface area contributed by atoms with Gasteiger partial charge in [-0.2, -0.15) is 0 Å². The summed E-state index contributed by atoms with van der Waals surface area (Å²) in [6.45, 7) is 0. The molecule has 24 heavy (non-hydrogen) atoms. The molecule has 0 fully saturated rings. The second-order valence-corrected chi connectivity index (χ2v) is 6.05. The molecule has 1 aromatic heterocycles. The smallest absolute Gasteiger partial charge is 0.278 e. The average Bonchev–Trinajstić information content (AvgIpc) is 2.64. The molecular weight excluding hydrogens is 368 g/mol. The first-order chi connectivity index (χ1) is 11.6. The first-order valence-electron chi connectivity index (χ1n) is 7.33. The highest BCUT2D eigenvalue weighted by atomic mass is 79.9. The highest BCUT2D eigenvalue weighted by Gasteiger charge is 2.15. The zero-order valence-corrected chi connectivity index (χ0v) is 14.6. The summed E-state index contributed by atoms with van der Waals surface area (Å²) in [7, 11) is 1.72. The summed E-state index contributed by atoms with van der Waals surface area (Å²) in [5, 5.41) is 11.2. The van der Waals surface area contributed by atoms with E-state index in [0.29, 0.717) is 11.5 Å². The lowest BCUT2D eigenvalue weighted by Gasteiger charge is -2.16. The Kier molecular flexibility index (Phi) is 4.86.